The van der Waals surface area contributed by atoms with Gasteiger partial charge in [-0.15, -0.1) is 0 Å². The van der Waals surface area contributed by atoms with Crippen molar-refractivity contribution in [1.29, 1.82) is 5.26 Å². The Morgan fingerprint density at radius 3 is 2.55 bits per heavy atom. The SMILES string of the molecule is N#CC1=C(N)Oc2cc(O)c(/C=N/c3ccccc3I)cc2C1c1ccccc1. The Balaban J connectivity index is 1.83. The summed E-state index contributed by atoms with van der Waals surface area (Å²) in [7, 11) is 0. The summed E-state index contributed by atoms with van der Waals surface area (Å²) >= 11 is 2.21. The summed E-state index contributed by atoms with van der Waals surface area (Å²) in [6.07, 6.45) is 1.61. The Kier molecular flexibility index (Phi) is 5.23. The molecule has 0 amide bonds. The molecule has 142 valence electrons. The van der Waals surface area contributed by atoms with Gasteiger partial charge in [0, 0.05) is 27.0 Å². The molecule has 6 heteroatoms. The van der Waals surface area contributed by atoms with Gasteiger partial charge < -0.3 is 15.6 Å². The first-order chi connectivity index (χ1) is 14.1. The Hall–Kier alpha value is -3.31. The van der Waals surface area contributed by atoms with Crippen molar-refractivity contribution in [3.05, 3.63) is 98.4 Å². The Morgan fingerprint density at radius 1 is 1.10 bits per heavy atom. The smallest absolute Gasteiger partial charge is 0.205 e. The minimum atomic E-state index is -0.380. The second kappa shape index (κ2) is 7.97. The van der Waals surface area contributed by atoms with Crippen LogP contribution >= 0.6 is 22.6 Å². The van der Waals surface area contributed by atoms with Crippen LogP contribution in [0.2, 0.25) is 0 Å². The van der Waals surface area contributed by atoms with Crippen LogP contribution in [0.4, 0.5) is 5.69 Å². The summed E-state index contributed by atoms with van der Waals surface area (Å²) in [5.41, 5.74) is 9.35. The van der Waals surface area contributed by atoms with E-state index in [1.165, 1.54) is 6.07 Å². The van der Waals surface area contributed by atoms with Gasteiger partial charge in [-0.25, -0.2) is 0 Å². The van der Waals surface area contributed by atoms with Gasteiger partial charge in [0.05, 0.1) is 11.6 Å². The minimum Gasteiger partial charge on any atom is -0.507 e. The second-order valence-corrected chi connectivity index (χ2v) is 7.66. The van der Waals surface area contributed by atoms with Gasteiger partial charge in [-0.05, 0) is 46.4 Å². The maximum Gasteiger partial charge on any atom is 0.205 e. The fraction of sp³-hybridized carbons (Fsp3) is 0.0435. The third-order valence-corrected chi connectivity index (χ3v) is 5.60. The first kappa shape index (κ1) is 19.0. The van der Waals surface area contributed by atoms with Gasteiger partial charge in [-0.2, -0.15) is 5.26 Å². The van der Waals surface area contributed by atoms with E-state index in [1.54, 1.807) is 12.3 Å². The number of allylic oxidation sites excluding steroid dienone is 1. The van der Waals surface area contributed by atoms with E-state index in [1.807, 2.05) is 54.6 Å². The number of benzene rings is 3. The number of phenolic OH excluding ortho intramolecular Hbond substituents is 1. The molecule has 1 aliphatic heterocycles. The van der Waals surface area contributed by atoms with Crippen LogP contribution in [0.5, 0.6) is 11.5 Å². The maximum atomic E-state index is 10.5. The summed E-state index contributed by atoms with van der Waals surface area (Å²) in [6, 6.07) is 22.8. The molecule has 0 radical (unpaired) electrons. The van der Waals surface area contributed by atoms with E-state index in [0.717, 1.165) is 20.4 Å². The molecule has 0 aromatic heterocycles. The predicted octanol–water partition coefficient (Wildman–Crippen LogP) is 4.97. The zero-order chi connectivity index (χ0) is 20.4. The molecule has 4 rings (SSSR count). The molecule has 3 aromatic rings. The van der Waals surface area contributed by atoms with Crippen molar-refractivity contribution in [2.45, 2.75) is 5.92 Å². The van der Waals surface area contributed by atoms with E-state index in [0.29, 0.717) is 16.9 Å². The average Bonchev–Trinajstić information content (AvgIpc) is 2.73. The molecule has 0 spiro atoms. The molecule has 0 saturated heterocycles. The largest absolute Gasteiger partial charge is 0.507 e. The number of hydrogen-bond donors (Lipinski definition) is 2. The molecular weight excluding hydrogens is 477 g/mol. The molecular formula is C23H16IN3O2. The number of para-hydroxylation sites is 1. The van der Waals surface area contributed by atoms with Crippen molar-refractivity contribution >= 4 is 34.5 Å². The van der Waals surface area contributed by atoms with Crippen LogP contribution in [0.3, 0.4) is 0 Å². The third kappa shape index (κ3) is 3.69. The molecule has 0 fully saturated rings. The van der Waals surface area contributed by atoms with E-state index in [2.05, 4.69) is 33.7 Å². The lowest BCUT2D eigenvalue weighted by Crippen LogP contribution is -2.21. The first-order valence-corrected chi connectivity index (χ1v) is 9.94. The number of hydrogen-bond acceptors (Lipinski definition) is 5. The van der Waals surface area contributed by atoms with Gasteiger partial charge in [-0.1, -0.05) is 42.5 Å². The first-order valence-electron chi connectivity index (χ1n) is 8.86. The van der Waals surface area contributed by atoms with E-state index < -0.39 is 0 Å². The average molecular weight is 493 g/mol. The second-order valence-electron chi connectivity index (χ2n) is 6.49. The highest BCUT2D eigenvalue weighted by Crippen LogP contribution is 2.44. The van der Waals surface area contributed by atoms with Crippen LogP contribution in [0, 0.1) is 14.9 Å². The van der Waals surface area contributed by atoms with Crippen LogP contribution in [0.25, 0.3) is 0 Å². The van der Waals surface area contributed by atoms with Gasteiger partial charge in [0.15, 0.2) is 0 Å². The van der Waals surface area contributed by atoms with E-state index in [9.17, 15) is 10.4 Å². The number of nitrogens with two attached hydrogens (primary N) is 1. The normalized spacial score (nSPS) is 15.7. The maximum absolute atomic E-state index is 10.5. The monoisotopic (exact) mass is 493 g/mol. The lowest BCUT2D eigenvalue weighted by atomic mass is 9.83. The number of nitriles is 1. The molecule has 0 saturated carbocycles. The molecule has 0 aliphatic carbocycles. The molecule has 1 atom stereocenters. The van der Waals surface area contributed by atoms with Gasteiger partial charge in [0.2, 0.25) is 5.88 Å². The summed E-state index contributed by atoms with van der Waals surface area (Å²) in [6.45, 7) is 0. The fourth-order valence-electron chi connectivity index (χ4n) is 3.30. The zero-order valence-electron chi connectivity index (χ0n) is 15.2. The zero-order valence-corrected chi connectivity index (χ0v) is 17.4. The highest BCUT2D eigenvalue weighted by Gasteiger charge is 2.31. The molecule has 3 aromatic carbocycles. The Bertz CT molecular complexity index is 1180. The van der Waals surface area contributed by atoms with Crippen molar-refractivity contribution in [3.8, 4) is 17.6 Å². The molecule has 29 heavy (non-hydrogen) atoms. The Labute approximate surface area is 181 Å². The highest BCUT2D eigenvalue weighted by molar-refractivity contribution is 14.1. The molecule has 0 bridgehead atoms. The van der Waals surface area contributed by atoms with Crippen molar-refractivity contribution in [1.82, 2.24) is 0 Å². The number of halogens is 1. The molecule has 1 heterocycles. The van der Waals surface area contributed by atoms with Crippen LogP contribution in [0.1, 0.15) is 22.6 Å². The topological polar surface area (TPSA) is 91.6 Å². The van der Waals surface area contributed by atoms with E-state index in [4.69, 9.17) is 10.5 Å². The molecule has 1 unspecified atom stereocenters. The van der Waals surface area contributed by atoms with Crippen LogP contribution < -0.4 is 10.5 Å². The number of phenols is 1. The molecule has 5 nitrogen and oxygen atoms in total. The molecule has 1 aliphatic rings. The standard InChI is InChI=1S/C23H16IN3O2/c24-18-8-4-5-9-19(18)27-13-15-10-16-21(11-20(15)28)29-23(26)17(12-25)22(16)14-6-2-1-3-7-14/h1-11,13,22,28H,26H2/b27-13+. The lowest BCUT2D eigenvalue weighted by molar-refractivity contribution is 0.388. The molecule has 3 N–H and O–H groups in total. The van der Waals surface area contributed by atoms with E-state index in [-0.39, 0.29) is 17.6 Å². The summed E-state index contributed by atoms with van der Waals surface area (Å²) in [4.78, 5) is 4.50. The number of fused-ring (bicyclic) bond motifs is 1. The summed E-state index contributed by atoms with van der Waals surface area (Å²) < 4.78 is 6.64. The van der Waals surface area contributed by atoms with Gasteiger partial charge >= 0.3 is 0 Å². The minimum absolute atomic E-state index is 0.0264. The van der Waals surface area contributed by atoms with Gasteiger partial charge in [0.25, 0.3) is 0 Å². The van der Waals surface area contributed by atoms with Crippen LogP contribution in [-0.2, 0) is 0 Å². The van der Waals surface area contributed by atoms with Crippen molar-refractivity contribution in [2.24, 2.45) is 10.7 Å². The third-order valence-electron chi connectivity index (χ3n) is 4.69. The Morgan fingerprint density at radius 2 is 1.83 bits per heavy atom. The van der Waals surface area contributed by atoms with E-state index >= 15 is 0 Å². The van der Waals surface area contributed by atoms with Crippen molar-refractivity contribution in [3.63, 3.8) is 0 Å². The number of nitrogens with zero attached hydrogens (tertiary/aromatic N) is 2. The van der Waals surface area contributed by atoms with Crippen LogP contribution in [0.15, 0.2) is 83.2 Å². The lowest BCUT2D eigenvalue weighted by Gasteiger charge is -2.27. The van der Waals surface area contributed by atoms with Crippen LogP contribution in [-0.4, -0.2) is 11.3 Å². The predicted molar refractivity (Wildman–Crippen MR) is 120 cm³/mol. The quantitative estimate of drug-likeness (QED) is 0.399. The summed E-state index contributed by atoms with van der Waals surface area (Å²) in [5, 5.41) is 20.2. The van der Waals surface area contributed by atoms with Gasteiger partial charge in [-0.3, -0.25) is 4.99 Å². The van der Waals surface area contributed by atoms with Crippen molar-refractivity contribution < 1.29 is 9.84 Å². The number of ether oxygens (including phenoxy) is 1. The van der Waals surface area contributed by atoms with Crippen molar-refractivity contribution in [2.75, 3.05) is 0 Å². The number of aromatic hydroxyl groups is 1. The summed E-state index contributed by atoms with van der Waals surface area (Å²) in [5.74, 6) is 0.126. The number of rotatable bonds is 3. The fourth-order valence-corrected chi connectivity index (χ4v) is 3.83. The van der Waals surface area contributed by atoms with Gasteiger partial charge in [0.1, 0.15) is 23.1 Å². The highest BCUT2D eigenvalue weighted by atomic mass is 127. The number of aliphatic imine (C=N–C) groups is 1.